The molecule has 0 fully saturated rings. The van der Waals surface area contributed by atoms with Crippen LogP contribution in [0.15, 0.2) is 36.5 Å². The van der Waals surface area contributed by atoms with Crippen LogP contribution in [0, 0.1) is 17.2 Å². The fraction of sp³-hybridized carbons (Fsp3) is 0.286. The summed E-state index contributed by atoms with van der Waals surface area (Å²) in [5.41, 5.74) is 2.21. The summed E-state index contributed by atoms with van der Waals surface area (Å²) in [4.78, 5) is 4.39. The molecule has 3 nitrogen and oxygen atoms in total. The van der Waals surface area contributed by atoms with Gasteiger partial charge in [0.25, 0.3) is 0 Å². The van der Waals surface area contributed by atoms with E-state index in [1.165, 1.54) is 5.56 Å². The molecule has 0 aliphatic heterocycles. The lowest BCUT2D eigenvalue weighted by molar-refractivity contribution is 0.603. The summed E-state index contributed by atoms with van der Waals surface area (Å²) in [7, 11) is 0. The van der Waals surface area contributed by atoms with Gasteiger partial charge < -0.3 is 5.32 Å². The molecule has 0 amide bonds. The molecule has 1 aromatic carbocycles. The fourth-order valence-corrected chi connectivity index (χ4v) is 1.78. The molecule has 0 aliphatic carbocycles. The minimum Gasteiger partial charge on any atom is -0.311 e. The number of pyridine rings is 1. The zero-order chi connectivity index (χ0) is 12.1. The van der Waals surface area contributed by atoms with Crippen LogP contribution in [0.5, 0.6) is 0 Å². The summed E-state index contributed by atoms with van der Waals surface area (Å²) < 4.78 is 0. The molecule has 0 radical (unpaired) electrons. The molecule has 3 heteroatoms. The van der Waals surface area contributed by atoms with Crippen molar-refractivity contribution in [2.75, 3.05) is 6.54 Å². The van der Waals surface area contributed by atoms with E-state index in [4.69, 9.17) is 5.26 Å². The summed E-state index contributed by atoms with van der Waals surface area (Å²) >= 11 is 0. The molecule has 0 saturated heterocycles. The third-order valence-corrected chi connectivity index (χ3v) is 2.70. The van der Waals surface area contributed by atoms with E-state index in [2.05, 4.69) is 34.6 Å². The van der Waals surface area contributed by atoms with E-state index < -0.39 is 0 Å². The van der Waals surface area contributed by atoms with Crippen LogP contribution in [0.4, 0.5) is 0 Å². The highest BCUT2D eigenvalue weighted by Gasteiger charge is 2.02. The van der Waals surface area contributed by atoms with Crippen molar-refractivity contribution in [2.45, 2.75) is 13.5 Å². The van der Waals surface area contributed by atoms with E-state index in [0.717, 1.165) is 17.4 Å². The van der Waals surface area contributed by atoms with E-state index in [1.54, 1.807) is 0 Å². The monoisotopic (exact) mass is 225 g/mol. The van der Waals surface area contributed by atoms with Gasteiger partial charge in [-0.2, -0.15) is 5.26 Å². The average Bonchev–Trinajstić information content (AvgIpc) is 2.39. The first kappa shape index (κ1) is 11.6. The molecular weight excluding hydrogens is 210 g/mol. The molecule has 0 saturated carbocycles. The summed E-state index contributed by atoms with van der Waals surface area (Å²) in [6.07, 6.45) is 1.81. The number of nitrogens with one attached hydrogen (secondary N) is 1. The van der Waals surface area contributed by atoms with E-state index in [0.29, 0.717) is 6.54 Å². The van der Waals surface area contributed by atoms with E-state index in [1.807, 2.05) is 25.3 Å². The van der Waals surface area contributed by atoms with Gasteiger partial charge in [0.2, 0.25) is 0 Å². The van der Waals surface area contributed by atoms with Crippen LogP contribution in [0.3, 0.4) is 0 Å². The van der Waals surface area contributed by atoms with Gasteiger partial charge in [0.1, 0.15) is 0 Å². The topological polar surface area (TPSA) is 48.7 Å². The van der Waals surface area contributed by atoms with Crippen LogP contribution in [0.25, 0.3) is 10.9 Å². The predicted octanol–water partition coefficient (Wildman–Crippen LogP) is 2.48. The Morgan fingerprint density at radius 2 is 2.18 bits per heavy atom. The largest absolute Gasteiger partial charge is 0.311 e. The lowest BCUT2D eigenvalue weighted by atomic mass is 10.1. The zero-order valence-electron chi connectivity index (χ0n) is 9.85. The Balaban J connectivity index is 2.11. The van der Waals surface area contributed by atoms with Crippen molar-refractivity contribution in [3.63, 3.8) is 0 Å². The Kier molecular flexibility index (Phi) is 3.69. The summed E-state index contributed by atoms with van der Waals surface area (Å²) in [6, 6.07) is 12.4. The van der Waals surface area contributed by atoms with Crippen LogP contribution in [0.2, 0.25) is 0 Å². The molecule has 86 valence electrons. The first-order chi connectivity index (χ1) is 8.31. The number of rotatable bonds is 4. The van der Waals surface area contributed by atoms with Gasteiger partial charge in [-0.25, -0.2) is 0 Å². The van der Waals surface area contributed by atoms with Crippen LogP contribution in [-0.2, 0) is 6.54 Å². The maximum absolute atomic E-state index is 8.70. The first-order valence-electron chi connectivity index (χ1n) is 5.74. The van der Waals surface area contributed by atoms with Crippen LogP contribution >= 0.6 is 0 Å². The number of nitriles is 1. The Morgan fingerprint density at radius 3 is 3.00 bits per heavy atom. The van der Waals surface area contributed by atoms with Crippen molar-refractivity contribution in [3.8, 4) is 6.07 Å². The second kappa shape index (κ2) is 5.42. The number of benzene rings is 1. The highest BCUT2D eigenvalue weighted by Crippen LogP contribution is 2.15. The lowest BCUT2D eigenvalue weighted by Gasteiger charge is -2.08. The van der Waals surface area contributed by atoms with Crippen LogP contribution in [0.1, 0.15) is 12.5 Å². The van der Waals surface area contributed by atoms with Gasteiger partial charge >= 0.3 is 0 Å². The molecule has 0 bridgehead atoms. The Hall–Kier alpha value is -1.92. The number of nitrogens with zero attached hydrogens (tertiary/aromatic N) is 2. The number of hydrogen-bond acceptors (Lipinski definition) is 3. The van der Waals surface area contributed by atoms with Gasteiger partial charge in [-0.1, -0.05) is 24.3 Å². The van der Waals surface area contributed by atoms with Gasteiger partial charge in [-0.15, -0.1) is 0 Å². The quantitative estimate of drug-likeness (QED) is 0.869. The van der Waals surface area contributed by atoms with E-state index in [-0.39, 0.29) is 5.92 Å². The maximum Gasteiger partial charge on any atom is 0.0746 e. The minimum absolute atomic E-state index is 0.0398. The first-order valence-corrected chi connectivity index (χ1v) is 5.74. The number of para-hydroxylation sites is 1. The lowest BCUT2D eigenvalue weighted by Crippen LogP contribution is -2.20. The Labute approximate surface area is 101 Å². The van der Waals surface area contributed by atoms with Crippen molar-refractivity contribution < 1.29 is 0 Å². The molecule has 2 rings (SSSR count). The van der Waals surface area contributed by atoms with Gasteiger partial charge in [0, 0.05) is 24.7 Å². The van der Waals surface area contributed by atoms with E-state index in [9.17, 15) is 0 Å². The standard InChI is InChI=1S/C14H15N3/c1-11(8-15)9-16-10-13-5-2-4-12-6-3-7-17-14(12)13/h2-7,11,16H,9-10H2,1H3. The fourth-order valence-electron chi connectivity index (χ4n) is 1.78. The van der Waals surface area contributed by atoms with Crippen molar-refractivity contribution in [1.82, 2.24) is 10.3 Å². The average molecular weight is 225 g/mol. The molecule has 0 aliphatic rings. The highest BCUT2D eigenvalue weighted by molar-refractivity contribution is 5.81. The number of hydrogen-bond donors (Lipinski definition) is 1. The highest BCUT2D eigenvalue weighted by atomic mass is 14.9. The number of fused-ring (bicyclic) bond motifs is 1. The molecule has 1 atom stereocenters. The summed E-state index contributed by atoms with van der Waals surface area (Å²) in [6.45, 7) is 3.37. The molecule has 1 heterocycles. The molecular formula is C14H15N3. The van der Waals surface area contributed by atoms with Crippen LogP contribution < -0.4 is 5.32 Å². The molecule has 17 heavy (non-hydrogen) atoms. The molecule has 1 N–H and O–H groups in total. The summed E-state index contributed by atoms with van der Waals surface area (Å²) in [5.74, 6) is 0.0398. The smallest absolute Gasteiger partial charge is 0.0746 e. The minimum atomic E-state index is 0.0398. The van der Waals surface area contributed by atoms with Crippen molar-refractivity contribution in [2.24, 2.45) is 5.92 Å². The van der Waals surface area contributed by atoms with Crippen molar-refractivity contribution in [1.29, 1.82) is 5.26 Å². The van der Waals surface area contributed by atoms with Gasteiger partial charge in [-0.05, 0) is 18.6 Å². The van der Waals surface area contributed by atoms with Gasteiger partial charge in [0.15, 0.2) is 0 Å². The third-order valence-electron chi connectivity index (χ3n) is 2.70. The molecule has 2 aromatic rings. The second-order valence-electron chi connectivity index (χ2n) is 4.15. The van der Waals surface area contributed by atoms with E-state index >= 15 is 0 Å². The summed E-state index contributed by atoms with van der Waals surface area (Å²) in [5, 5.41) is 13.1. The second-order valence-corrected chi connectivity index (χ2v) is 4.15. The Morgan fingerprint density at radius 1 is 1.35 bits per heavy atom. The third kappa shape index (κ3) is 2.80. The SMILES string of the molecule is CC(C#N)CNCc1cccc2cccnc12. The zero-order valence-corrected chi connectivity index (χ0v) is 9.85. The molecule has 1 unspecified atom stereocenters. The van der Waals surface area contributed by atoms with Crippen molar-refractivity contribution in [3.05, 3.63) is 42.1 Å². The van der Waals surface area contributed by atoms with Crippen molar-refractivity contribution >= 4 is 10.9 Å². The number of aromatic nitrogens is 1. The maximum atomic E-state index is 8.70. The normalized spacial score (nSPS) is 12.2. The molecule has 0 spiro atoms. The predicted molar refractivity (Wildman–Crippen MR) is 68.2 cm³/mol. The Bertz CT molecular complexity index is 537. The van der Waals surface area contributed by atoms with Gasteiger partial charge in [0.05, 0.1) is 17.5 Å². The molecule has 1 aromatic heterocycles. The van der Waals surface area contributed by atoms with Crippen LogP contribution in [-0.4, -0.2) is 11.5 Å². The van der Waals surface area contributed by atoms with Gasteiger partial charge in [-0.3, -0.25) is 4.98 Å².